The predicted molar refractivity (Wildman–Crippen MR) is 78.2 cm³/mol. The maximum atomic E-state index is 12.5. The molecule has 0 radical (unpaired) electrons. The molecule has 0 aromatic heterocycles. The van der Waals surface area contributed by atoms with Crippen LogP contribution < -0.4 is 0 Å². The number of hydrogen-bond donors (Lipinski definition) is 0. The third-order valence-corrected chi connectivity index (χ3v) is 3.90. The molecule has 0 saturated carbocycles. The van der Waals surface area contributed by atoms with Gasteiger partial charge in [0.1, 0.15) is 5.78 Å². The van der Waals surface area contributed by atoms with Gasteiger partial charge in [-0.05, 0) is 20.3 Å². The summed E-state index contributed by atoms with van der Waals surface area (Å²) in [5, 5.41) is 0. The Morgan fingerprint density at radius 1 is 1.30 bits per heavy atom. The normalized spacial score (nSPS) is 18.5. The van der Waals surface area contributed by atoms with Crippen molar-refractivity contribution in [2.75, 3.05) is 13.2 Å². The Kier molecular flexibility index (Phi) is 4.41. The molecule has 1 aromatic rings. The Balaban J connectivity index is 2.47. The van der Waals surface area contributed by atoms with Crippen LogP contribution in [0.25, 0.3) is 0 Å². The molecule has 1 aliphatic rings. The fourth-order valence-electron chi connectivity index (χ4n) is 2.65. The predicted octanol–water partition coefficient (Wildman–Crippen LogP) is 3.45. The van der Waals surface area contributed by atoms with Crippen molar-refractivity contribution in [3.05, 3.63) is 48.6 Å². The van der Waals surface area contributed by atoms with Gasteiger partial charge in [-0.15, -0.1) is 6.58 Å². The second-order valence-electron chi connectivity index (χ2n) is 5.57. The number of ether oxygens (including phenoxy) is 2. The molecule has 0 N–H and O–H groups in total. The lowest BCUT2D eigenvalue weighted by Crippen LogP contribution is -2.53. The van der Waals surface area contributed by atoms with Crippen LogP contribution in [0.1, 0.15) is 32.3 Å². The van der Waals surface area contributed by atoms with E-state index in [4.69, 9.17) is 9.47 Å². The monoisotopic (exact) mass is 274 g/mol. The molecule has 0 unspecified atom stereocenters. The molecular weight excluding hydrogens is 252 g/mol. The lowest BCUT2D eigenvalue weighted by Gasteiger charge is -2.47. The zero-order valence-electron chi connectivity index (χ0n) is 12.2. The first kappa shape index (κ1) is 14.9. The fraction of sp³-hybridized carbons (Fsp3) is 0.471. The average Bonchev–Trinajstić information content (AvgIpc) is 2.49. The van der Waals surface area contributed by atoms with Crippen molar-refractivity contribution in [2.45, 2.75) is 32.5 Å². The highest BCUT2D eigenvalue weighted by Gasteiger charge is 2.53. The third kappa shape index (κ3) is 2.43. The van der Waals surface area contributed by atoms with Crippen molar-refractivity contribution >= 4 is 5.78 Å². The van der Waals surface area contributed by atoms with Crippen molar-refractivity contribution in [2.24, 2.45) is 5.41 Å². The summed E-state index contributed by atoms with van der Waals surface area (Å²) in [5.41, 5.74) is 0.116. The Morgan fingerprint density at radius 2 is 1.90 bits per heavy atom. The van der Waals surface area contributed by atoms with Gasteiger partial charge in [-0.1, -0.05) is 36.4 Å². The molecule has 108 valence electrons. The molecule has 0 bridgehead atoms. The molecule has 1 heterocycles. The maximum Gasteiger partial charge on any atom is 0.207 e. The Hall–Kier alpha value is -1.45. The molecule has 1 aliphatic heterocycles. The van der Waals surface area contributed by atoms with Crippen molar-refractivity contribution in [1.82, 2.24) is 0 Å². The van der Waals surface area contributed by atoms with E-state index < -0.39 is 11.2 Å². The molecular formula is C17H22O3. The van der Waals surface area contributed by atoms with Crippen LogP contribution in [0.15, 0.2) is 43.0 Å². The molecule has 3 heteroatoms. The topological polar surface area (TPSA) is 35.5 Å². The number of allylic oxidation sites excluding steroid dienone is 1. The Bertz CT molecular complexity index is 470. The van der Waals surface area contributed by atoms with Crippen LogP contribution in [0, 0.1) is 5.41 Å². The average molecular weight is 274 g/mol. The maximum absolute atomic E-state index is 12.5. The minimum atomic E-state index is -1.01. The van der Waals surface area contributed by atoms with Crippen LogP contribution in [0.4, 0.5) is 0 Å². The van der Waals surface area contributed by atoms with Crippen molar-refractivity contribution in [1.29, 1.82) is 0 Å². The summed E-state index contributed by atoms with van der Waals surface area (Å²) in [7, 11) is 0. The van der Waals surface area contributed by atoms with E-state index in [-0.39, 0.29) is 5.78 Å². The van der Waals surface area contributed by atoms with Crippen molar-refractivity contribution in [3.63, 3.8) is 0 Å². The quantitative estimate of drug-likeness (QED) is 0.771. The second kappa shape index (κ2) is 5.90. The molecule has 3 nitrogen and oxygen atoms in total. The van der Waals surface area contributed by atoms with E-state index in [1.807, 2.05) is 44.2 Å². The SMILES string of the molecule is C=CCC(=O)C(C)(C)C1(c2ccccc2)OCCCO1. The van der Waals surface area contributed by atoms with Gasteiger partial charge in [0.2, 0.25) is 5.79 Å². The summed E-state index contributed by atoms with van der Waals surface area (Å²) >= 11 is 0. The minimum absolute atomic E-state index is 0.0678. The Morgan fingerprint density at radius 3 is 2.45 bits per heavy atom. The number of benzene rings is 1. The van der Waals surface area contributed by atoms with E-state index in [2.05, 4.69) is 6.58 Å². The third-order valence-electron chi connectivity index (χ3n) is 3.90. The zero-order valence-corrected chi connectivity index (χ0v) is 12.2. The van der Waals surface area contributed by atoms with Gasteiger partial charge in [0.05, 0.1) is 18.6 Å². The lowest BCUT2D eigenvalue weighted by atomic mass is 9.74. The Labute approximate surface area is 120 Å². The fourth-order valence-corrected chi connectivity index (χ4v) is 2.65. The molecule has 0 aliphatic carbocycles. The lowest BCUT2D eigenvalue weighted by molar-refractivity contribution is -0.319. The molecule has 0 spiro atoms. The highest BCUT2D eigenvalue weighted by atomic mass is 16.7. The standard InChI is InChI=1S/C17H22O3/c1-4-9-15(18)16(2,3)17(19-12-8-13-20-17)14-10-6-5-7-11-14/h4-7,10-11H,1,8-9,12-13H2,2-3H3. The number of ketones is 1. The van der Waals surface area contributed by atoms with E-state index in [1.165, 1.54) is 0 Å². The summed E-state index contributed by atoms with van der Waals surface area (Å²) in [6.07, 6.45) is 2.79. The van der Waals surface area contributed by atoms with E-state index in [9.17, 15) is 4.79 Å². The van der Waals surface area contributed by atoms with Gasteiger partial charge in [-0.3, -0.25) is 4.79 Å². The number of carbonyl (C=O) groups is 1. The molecule has 2 rings (SSSR count). The summed E-state index contributed by atoms with van der Waals surface area (Å²) in [6, 6.07) is 9.72. The first-order chi connectivity index (χ1) is 9.54. The molecule has 1 aromatic carbocycles. The van der Waals surface area contributed by atoms with Gasteiger partial charge in [-0.25, -0.2) is 0 Å². The van der Waals surface area contributed by atoms with E-state index >= 15 is 0 Å². The summed E-state index contributed by atoms with van der Waals surface area (Å²) < 4.78 is 12.0. The number of carbonyl (C=O) groups excluding carboxylic acids is 1. The number of hydrogen-bond acceptors (Lipinski definition) is 3. The van der Waals surface area contributed by atoms with Crippen LogP contribution in [0.3, 0.4) is 0 Å². The first-order valence-corrected chi connectivity index (χ1v) is 7.02. The van der Waals surface area contributed by atoms with Crippen LogP contribution in [-0.4, -0.2) is 19.0 Å². The van der Waals surface area contributed by atoms with E-state index in [0.717, 1.165) is 12.0 Å². The van der Waals surface area contributed by atoms with Gasteiger partial charge < -0.3 is 9.47 Å². The van der Waals surface area contributed by atoms with Crippen LogP contribution in [-0.2, 0) is 20.1 Å². The summed E-state index contributed by atoms with van der Waals surface area (Å²) in [5.74, 6) is -0.940. The van der Waals surface area contributed by atoms with Crippen molar-refractivity contribution in [3.8, 4) is 0 Å². The largest absolute Gasteiger partial charge is 0.345 e. The van der Waals surface area contributed by atoms with Gasteiger partial charge in [0.15, 0.2) is 0 Å². The molecule has 0 amide bonds. The zero-order chi connectivity index (χ0) is 14.6. The van der Waals surface area contributed by atoms with Gasteiger partial charge >= 0.3 is 0 Å². The molecule has 1 fully saturated rings. The molecule has 0 atom stereocenters. The highest BCUT2D eigenvalue weighted by Crippen LogP contribution is 2.47. The highest BCUT2D eigenvalue weighted by molar-refractivity contribution is 5.86. The summed E-state index contributed by atoms with van der Waals surface area (Å²) in [4.78, 5) is 12.5. The van der Waals surface area contributed by atoms with Gasteiger partial charge in [0, 0.05) is 12.0 Å². The number of Topliss-reactive ketones (excluding diaryl/α,β-unsaturated/α-hetero) is 1. The van der Waals surface area contributed by atoms with Crippen molar-refractivity contribution < 1.29 is 14.3 Å². The smallest absolute Gasteiger partial charge is 0.207 e. The van der Waals surface area contributed by atoms with E-state index in [0.29, 0.717) is 19.6 Å². The minimum Gasteiger partial charge on any atom is -0.345 e. The van der Waals surface area contributed by atoms with Crippen LogP contribution in [0.2, 0.25) is 0 Å². The first-order valence-electron chi connectivity index (χ1n) is 7.02. The van der Waals surface area contributed by atoms with Gasteiger partial charge in [0.25, 0.3) is 0 Å². The molecule has 1 saturated heterocycles. The van der Waals surface area contributed by atoms with Gasteiger partial charge in [-0.2, -0.15) is 0 Å². The van der Waals surface area contributed by atoms with Crippen LogP contribution in [0.5, 0.6) is 0 Å². The van der Waals surface area contributed by atoms with Crippen LogP contribution >= 0.6 is 0 Å². The van der Waals surface area contributed by atoms with E-state index in [1.54, 1.807) is 6.08 Å². The molecule has 20 heavy (non-hydrogen) atoms. The summed E-state index contributed by atoms with van der Waals surface area (Å²) in [6.45, 7) is 8.62. The second-order valence-corrected chi connectivity index (χ2v) is 5.57. The number of rotatable bonds is 5.